The van der Waals surface area contributed by atoms with E-state index in [-0.39, 0.29) is 30.7 Å². The summed E-state index contributed by atoms with van der Waals surface area (Å²) in [6, 6.07) is 2.16. The Hall–Kier alpha value is -1.40. The summed E-state index contributed by atoms with van der Waals surface area (Å²) in [6.45, 7) is 1.98. The molecule has 1 unspecified atom stereocenters. The van der Waals surface area contributed by atoms with E-state index in [2.05, 4.69) is 16.8 Å². The Morgan fingerprint density at radius 2 is 2.23 bits per heavy atom. The summed E-state index contributed by atoms with van der Waals surface area (Å²) in [5, 5.41) is 4.92. The molecule has 120 valence electrons. The molecule has 22 heavy (non-hydrogen) atoms. The van der Waals surface area contributed by atoms with Gasteiger partial charge in [-0.25, -0.2) is 0 Å². The van der Waals surface area contributed by atoms with E-state index in [9.17, 15) is 9.59 Å². The number of nitrogens with zero attached hydrogens (tertiary/aromatic N) is 1. The molecular formula is C16H23N3O2S. The highest BCUT2D eigenvalue weighted by molar-refractivity contribution is 7.10. The van der Waals surface area contributed by atoms with Crippen molar-refractivity contribution in [3.63, 3.8) is 0 Å². The number of hydrogen-bond donors (Lipinski definition) is 2. The molecule has 3 rings (SSSR count). The zero-order valence-corrected chi connectivity index (χ0v) is 13.5. The highest BCUT2D eigenvalue weighted by Gasteiger charge is 2.28. The fraction of sp³-hybridized carbons (Fsp3) is 0.625. The molecule has 2 aliphatic rings. The lowest BCUT2D eigenvalue weighted by molar-refractivity contribution is -0.134. The third-order valence-corrected chi connectivity index (χ3v) is 5.51. The van der Waals surface area contributed by atoms with Gasteiger partial charge in [0.15, 0.2) is 0 Å². The summed E-state index contributed by atoms with van der Waals surface area (Å²) in [7, 11) is 0. The second-order valence-electron chi connectivity index (χ2n) is 6.24. The molecule has 1 atom stereocenters. The number of carbonyl (C=O) groups is 2. The van der Waals surface area contributed by atoms with E-state index < -0.39 is 0 Å². The van der Waals surface area contributed by atoms with Crippen molar-refractivity contribution in [2.75, 3.05) is 13.1 Å². The molecule has 1 aromatic heterocycles. The first kappa shape index (κ1) is 15.5. The van der Waals surface area contributed by atoms with Gasteiger partial charge in [-0.05, 0) is 42.2 Å². The molecule has 3 N–H and O–H groups in total. The fourth-order valence-corrected chi connectivity index (χ4v) is 3.74. The number of carbonyl (C=O) groups excluding carboxylic acids is 2. The summed E-state index contributed by atoms with van der Waals surface area (Å²) in [5.74, 6) is 0.575. The number of thiophene rings is 1. The predicted octanol–water partition coefficient (Wildman–Crippen LogP) is 1.27. The largest absolute Gasteiger partial charge is 0.355 e. The maximum absolute atomic E-state index is 12.2. The normalized spacial score (nSPS) is 18.7. The van der Waals surface area contributed by atoms with Gasteiger partial charge in [0.25, 0.3) is 0 Å². The topological polar surface area (TPSA) is 75.4 Å². The Bertz CT molecular complexity index is 553. The van der Waals surface area contributed by atoms with Gasteiger partial charge in [0.1, 0.15) is 0 Å². The molecule has 0 radical (unpaired) electrons. The highest BCUT2D eigenvalue weighted by atomic mass is 32.1. The lowest BCUT2D eigenvalue weighted by atomic mass is 10.1. The lowest BCUT2D eigenvalue weighted by Gasteiger charge is -2.27. The summed E-state index contributed by atoms with van der Waals surface area (Å²) >= 11 is 1.76. The second-order valence-corrected chi connectivity index (χ2v) is 7.24. The molecule has 0 spiro atoms. The van der Waals surface area contributed by atoms with Gasteiger partial charge in [-0.2, -0.15) is 0 Å². The minimum atomic E-state index is -0.0716. The van der Waals surface area contributed by atoms with Crippen molar-refractivity contribution < 1.29 is 9.59 Å². The second kappa shape index (κ2) is 6.79. The SMILES string of the molecule is NC(CNC(=O)CCC(=O)N1CCc2sccc2C1)C1CC1. The minimum Gasteiger partial charge on any atom is -0.355 e. The van der Waals surface area contributed by atoms with Crippen LogP contribution in [-0.2, 0) is 22.6 Å². The van der Waals surface area contributed by atoms with Crippen molar-refractivity contribution >= 4 is 23.2 Å². The third-order valence-electron chi connectivity index (χ3n) is 4.49. The summed E-state index contributed by atoms with van der Waals surface area (Å²) in [5.41, 5.74) is 7.20. The molecule has 0 aromatic carbocycles. The maximum Gasteiger partial charge on any atom is 0.223 e. The zero-order valence-electron chi connectivity index (χ0n) is 12.7. The molecule has 5 nitrogen and oxygen atoms in total. The Kier molecular flexibility index (Phi) is 4.78. The van der Waals surface area contributed by atoms with Gasteiger partial charge >= 0.3 is 0 Å². The monoisotopic (exact) mass is 321 g/mol. The van der Waals surface area contributed by atoms with Crippen LogP contribution in [0.25, 0.3) is 0 Å². The summed E-state index contributed by atoms with van der Waals surface area (Å²) in [4.78, 5) is 27.3. The van der Waals surface area contributed by atoms with E-state index in [0.717, 1.165) is 13.0 Å². The van der Waals surface area contributed by atoms with Crippen molar-refractivity contribution in [3.8, 4) is 0 Å². The highest BCUT2D eigenvalue weighted by Crippen LogP contribution is 2.31. The maximum atomic E-state index is 12.2. The standard InChI is InChI=1S/C16H23N3O2S/c17-13(11-1-2-11)9-18-15(20)3-4-16(21)19-7-5-14-12(10-19)6-8-22-14/h6,8,11,13H,1-5,7,9-10,17H2,(H,18,20). The fourth-order valence-electron chi connectivity index (χ4n) is 2.85. The van der Waals surface area contributed by atoms with Crippen LogP contribution in [0.15, 0.2) is 11.4 Å². The molecular weight excluding hydrogens is 298 g/mol. The lowest BCUT2D eigenvalue weighted by Crippen LogP contribution is -2.39. The molecule has 1 aromatic rings. The van der Waals surface area contributed by atoms with Crippen LogP contribution in [-0.4, -0.2) is 35.8 Å². The number of fused-ring (bicyclic) bond motifs is 1. The number of hydrogen-bond acceptors (Lipinski definition) is 4. The smallest absolute Gasteiger partial charge is 0.223 e. The Labute approximate surface area is 134 Å². The Morgan fingerprint density at radius 3 is 3.00 bits per heavy atom. The molecule has 2 heterocycles. The Balaban J connectivity index is 1.38. The van der Waals surface area contributed by atoms with Crippen LogP contribution in [0.2, 0.25) is 0 Å². The molecule has 6 heteroatoms. The molecule has 0 bridgehead atoms. The van der Waals surface area contributed by atoms with E-state index in [4.69, 9.17) is 5.73 Å². The molecule has 2 amide bonds. The zero-order chi connectivity index (χ0) is 15.5. The molecule has 1 aliphatic carbocycles. The van der Waals surface area contributed by atoms with Gasteiger partial charge in [-0.3, -0.25) is 9.59 Å². The quantitative estimate of drug-likeness (QED) is 0.828. The van der Waals surface area contributed by atoms with Crippen LogP contribution in [0.3, 0.4) is 0 Å². The van der Waals surface area contributed by atoms with Crippen molar-refractivity contribution in [3.05, 3.63) is 21.9 Å². The van der Waals surface area contributed by atoms with Gasteiger partial charge in [0.2, 0.25) is 11.8 Å². The van der Waals surface area contributed by atoms with Crippen molar-refractivity contribution in [1.29, 1.82) is 0 Å². The first-order valence-corrected chi connectivity index (χ1v) is 8.86. The van der Waals surface area contributed by atoms with Crippen LogP contribution in [0, 0.1) is 5.92 Å². The van der Waals surface area contributed by atoms with Gasteiger partial charge in [-0.15, -0.1) is 11.3 Å². The van der Waals surface area contributed by atoms with Crippen LogP contribution in [0.4, 0.5) is 0 Å². The van der Waals surface area contributed by atoms with Crippen LogP contribution in [0.1, 0.15) is 36.1 Å². The average molecular weight is 321 g/mol. The van der Waals surface area contributed by atoms with Crippen LogP contribution in [0.5, 0.6) is 0 Å². The van der Waals surface area contributed by atoms with Gasteiger partial charge in [0, 0.05) is 43.4 Å². The van der Waals surface area contributed by atoms with E-state index in [1.165, 1.54) is 23.3 Å². The third kappa shape index (κ3) is 3.87. The van der Waals surface area contributed by atoms with Gasteiger partial charge in [0.05, 0.1) is 0 Å². The van der Waals surface area contributed by atoms with Gasteiger partial charge < -0.3 is 16.0 Å². The average Bonchev–Trinajstić information content (AvgIpc) is 3.27. The van der Waals surface area contributed by atoms with Crippen molar-refractivity contribution in [1.82, 2.24) is 10.2 Å². The van der Waals surface area contributed by atoms with Crippen LogP contribution >= 0.6 is 11.3 Å². The van der Waals surface area contributed by atoms with Crippen molar-refractivity contribution in [2.24, 2.45) is 11.7 Å². The Morgan fingerprint density at radius 1 is 1.41 bits per heavy atom. The molecule has 1 saturated carbocycles. The molecule has 1 aliphatic heterocycles. The first-order valence-electron chi connectivity index (χ1n) is 7.99. The van der Waals surface area contributed by atoms with Crippen molar-refractivity contribution in [2.45, 2.75) is 44.7 Å². The van der Waals surface area contributed by atoms with E-state index >= 15 is 0 Å². The van der Waals surface area contributed by atoms with E-state index in [1.54, 1.807) is 11.3 Å². The molecule has 1 fully saturated rings. The minimum absolute atomic E-state index is 0.0680. The predicted molar refractivity (Wildman–Crippen MR) is 86.4 cm³/mol. The summed E-state index contributed by atoms with van der Waals surface area (Å²) in [6.07, 6.45) is 3.82. The van der Waals surface area contributed by atoms with E-state index in [0.29, 0.717) is 19.0 Å². The number of nitrogens with two attached hydrogens (primary N) is 1. The summed E-state index contributed by atoms with van der Waals surface area (Å²) < 4.78 is 0. The number of amides is 2. The van der Waals surface area contributed by atoms with Gasteiger partial charge in [-0.1, -0.05) is 0 Å². The number of rotatable bonds is 6. The van der Waals surface area contributed by atoms with Crippen LogP contribution < -0.4 is 11.1 Å². The number of nitrogens with one attached hydrogen (secondary N) is 1. The first-order chi connectivity index (χ1) is 10.6. The molecule has 0 saturated heterocycles. The van der Waals surface area contributed by atoms with E-state index in [1.807, 2.05) is 4.90 Å².